The summed E-state index contributed by atoms with van der Waals surface area (Å²) in [6, 6.07) is 4.38. The fraction of sp³-hybridized carbons (Fsp3) is 0.357. The minimum absolute atomic E-state index is 0.224. The number of carbonyl (C=O) groups excluding carboxylic acids is 1. The third kappa shape index (κ3) is 1.50. The molecule has 0 unspecified atom stereocenters. The van der Waals surface area contributed by atoms with Crippen molar-refractivity contribution in [2.24, 2.45) is 7.05 Å². The lowest BCUT2D eigenvalue weighted by Gasteiger charge is -2.01. The number of aromatic nitrogens is 1. The number of ketones is 1. The number of fused-ring (bicyclic) bond motifs is 2. The quantitative estimate of drug-likeness (QED) is 0.801. The molecule has 3 rings (SSSR count). The smallest absolute Gasteiger partial charge is 0.164 e. The maximum atomic E-state index is 11.9. The molecule has 17 heavy (non-hydrogen) atoms. The summed E-state index contributed by atoms with van der Waals surface area (Å²) in [6.07, 6.45) is 2.52. The molecule has 1 aromatic carbocycles. The molecule has 0 fully saturated rings. The van der Waals surface area contributed by atoms with Crippen molar-refractivity contribution in [1.29, 1.82) is 0 Å². The van der Waals surface area contributed by atoms with E-state index in [0.29, 0.717) is 6.42 Å². The molecule has 0 atom stereocenters. The van der Waals surface area contributed by atoms with Gasteiger partial charge in [-0.25, -0.2) is 0 Å². The standard InChI is InChI=1S/C14H16N2O/c1-3-14(17)12-8-16(2)13-5-10-7-15-6-9(10)4-11(12)13/h4-5,8,15H,3,6-7H2,1-2H3. The predicted molar refractivity (Wildman–Crippen MR) is 68.1 cm³/mol. The lowest BCUT2D eigenvalue weighted by molar-refractivity contribution is 0.0989. The second-order valence-electron chi connectivity index (χ2n) is 4.67. The number of aryl methyl sites for hydroxylation is 1. The Morgan fingerprint density at radius 1 is 1.35 bits per heavy atom. The van der Waals surface area contributed by atoms with Crippen molar-refractivity contribution < 1.29 is 4.79 Å². The third-order valence-electron chi connectivity index (χ3n) is 3.56. The van der Waals surface area contributed by atoms with Gasteiger partial charge in [-0.15, -0.1) is 0 Å². The molecule has 0 radical (unpaired) electrons. The van der Waals surface area contributed by atoms with Crippen LogP contribution >= 0.6 is 0 Å². The fourth-order valence-corrected chi connectivity index (χ4v) is 2.59. The van der Waals surface area contributed by atoms with Crippen LogP contribution in [0.25, 0.3) is 10.9 Å². The fourth-order valence-electron chi connectivity index (χ4n) is 2.59. The number of hydrogen-bond donors (Lipinski definition) is 1. The summed E-state index contributed by atoms with van der Waals surface area (Å²) in [6.45, 7) is 3.77. The molecule has 0 aliphatic carbocycles. The van der Waals surface area contributed by atoms with Crippen molar-refractivity contribution in [3.63, 3.8) is 0 Å². The Bertz CT molecular complexity index is 610. The van der Waals surface area contributed by atoms with E-state index in [1.807, 2.05) is 20.2 Å². The van der Waals surface area contributed by atoms with Crippen LogP contribution in [0.3, 0.4) is 0 Å². The minimum Gasteiger partial charge on any atom is -0.350 e. The largest absolute Gasteiger partial charge is 0.350 e. The van der Waals surface area contributed by atoms with E-state index in [1.54, 1.807) is 0 Å². The normalized spacial score (nSPS) is 14.2. The molecule has 0 saturated carbocycles. The van der Waals surface area contributed by atoms with Gasteiger partial charge in [0.25, 0.3) is 0 Å². The molecule has 1 aliphatic rings. The van der Waals surface area contributed by atoms with Crippen molar-refractivity contribution >= 4 is 16.7 Å². The topological polar surface area (TPSA) is 34.0 Å². The summed E-state index contributed by atoms with van der Waals surface area (Å²) in [5.41, 5.74) is 4.70. The first kappa shape index (κ1) is 10.5. The lowest BCUT2D eigenvalue weighted by Crippen LogP contribution is -2.00. The van der Waals surface area contributed by atoms with Crippen molar-refractivity contribution in [1.82, 2.24) is 9.88 Å². The third-order valence-corrected chi connectivity index (χ3v) is 3.56. The van der Waals surface area contributed by atoms with Crippen molar-refractivity contribution in [2.75, 3.05) is 0 Å². The van der Waals surface area contributed by atoms with Gasteiger partial charge in [-0.05, 0) is 23.3 Å². The molecule has 0 bridgehead atoms. The Morgan fingerprint density at radius 3 is 2.76 bits per heavy atom. The summed E-state index contributed by atoms with van der Waals surface area (Å²) in [7, 11) is 2.00. The van der Waals surface area contributed by atoms with Gasteiger partial charge in [0.15, 0.2) is 5.78 Å². The molecule has 1 N–H and O–H groups in total. The van der Waals surface area contributed by atoms with Gasteiger partial charge in [0.2, 0.25) is 0 Å². The van der Waals surface area contributed by atoms with Gasteiger partial charge < -0.3 is 9.88 Å². The number of Topliss-reactive ketones (excluding diaryl/α,β-unsaturated/α-hetero) is 1. The first-order valence-electron chi connectivity index (χ1n) is 6.05. The van der Waals surface area contributed by atoms with Crippen molar-refractivity contribution in [3.8, 4) is 0 Å². The number of rotatable bonds is 2. The molecule has 0 saturated heterocycles. The maximum absolute atomic E-state index is 11.9. The Kier molecular flexibility index (Phi) is 2.30. The number of nitrogens with one attached hydrogen (secondary N) is 1. The van der Waals surface area contributed by atoms with Crippen LogP contribution in [-0.2, 0) is 20.1 Å². The molecule has 0 amide bonds. The molecule has 3 nitrogen and oxygen atoms in total. The van der Waals surface area contributed by atoms with Crippen molar-refractivity contribution in [2.45, 2.75) is 26.4 Å². The van der Waals surface area contributed by atoms with E-state index in [4.69, 9.17) is 0 Å². The Morgan fingerprint density at radius 2 is 2.06 bits per heavy atom. The van der Waals surface area contributed by atoms with Gasteiger partial charge in [-0.1, -0.05) is 6.92 Å². The summed E-state index contributed by atoms with van der Waals surface area (Å²) in [5, 5.41) is 4.44. The van der Waals surface area contributed by atoms with Crippen molar-refractivity contribution in [3.05, 3.63) is 35.0 Å². The van der Waals surface area contributed by atoms with E-state index in [9.17, 15) is 4.79 Å². The second kappa shape index (κ2) is 3.70. The maximum Gasteiger partial charge on any atom is 0.164 e. The number of nitrogens with zero attached hydrogens (tertiary/aromatic N) is 1. The summed E-state index contributed by atoms with van der Waals surface area (Å²) < 4.78 is 2.05. The van der Waals surface area contributed by atoms with Gasteiger partial charge in [-0.3, -0.25) is 4.79 Å². The van der Waals surface area contributed by atoms with Crippen LogP contribution in [0.1, 0.15) is 34.8 Å². The highest BCUT2D eigenvalue weighted by atomic mass is 16.1. The summed E-state index contributed by atoms with van der Waals surface area (Å²) >= 11 is 0. The van der Waals surface area contributed by atoms with E-state index >= 15 is 0 Å². The van der Waals surface area contributed by atoms with Crippen LogP contribution < -0.4 is 5.32 Å². The zero-order valence-corrected chi connectivity index (χ0v) is 10.2. The van der Waals surface area contributed by atoms with Crippen LogP contribution in [0.2, 0.25) is 0 Å². The van der Waals surface area contributed by atoms with Gasteiger partial charge in [-0.2, -0.15) is 0 Å². The summed E-state index contributed by atoms with van der Waals surface area (Å²) in [4.78, 5) is 11.9. The van der Waals surface area contributed by atoms with Crippen LogP contribution in [0, 0.1) is 0 Å². The molecule has 1 aliphatic heterocycles. The average Bonchev–Trinajstić information content (AvgIpc) is 2.91. The monoisotopic (exact) mass is 228 g/mol. The highest BCUT2D eigenvalue weighted by molar-refractivity contribution is 6.08. The van der Waals surface area contributed by atoms with E-state index in [-0.39, 0.29) is 5.78 Å². The zero-order valence-electron chi connectivity index (χ0n) is 10.2. The molecule has 0 spiro atoms. The molecular weight excluding hydrogens is 212 g/mol. The van der Waals surface area contributed by atoms with Crippen LogP contribution in [0.15, 0.2) is 18.3 Å². The number of carbonyl (C=O) groups is 1. The highest BCUT2D eigenvalue weighted by Gasteiger charge is 2.17. The molecule has 2 aromatic rings. The van der Waals surface area contributed by atoms with Crippen LogP contribution in [-0.4, -0.2) is 10.4 Å². The van der Waals surface area contributed by atoms with E-state index < -0.39 is 0 Å². The van der Waals surface area contributed by atoms with Gasteiger partial charge in [0.05, 0.1) is 0 Å². The number of benzene rings is 1. The molecule has 1 aromatic heterocycles. The first-order chi connectivity index (χ1) is 8.20. The van der Waals surface area contributed by atoms with E-state index in [1.165, 1.54) is 11.1 Å². The summed E-state index contributed by atoms with van der Waals surface area (Å²) in [5.74, 6) is 0.224. The zero-order chi connectivity index (χ0) is 12.0. The minimum atomic E-state index is 0.224. The SMILES string of the molecule is CCC(=O)c1cn(C)c2cc3c(cc12)CNC3. The average molecular weight is 228 g/mol. The molecule has 3 heteroatoms. The Balaban J connectivity index is 2.29. The molecular formula is C14H16N2O. The van der Waals surface area contributed by atoms with Crippen LogP contribution in [0.4, 0.5) is 0 Å². The molecule has 2 heterocycles. The van der Waals surface area contributed by atoms with Gasteiger partial charge in [0.1, 0.15) is 0 Å². The predicted octanol–water partition coefficient (Wildman–Crippen LogP) is 2.37. The molecule has 88 valence electrons. The lowest BCUT2D eigenvalue weighted by atomic mass is 10.0. The van der Waals surface area contributed by atoms with E-state index in [0.717, 1.165) is 29.6 Å². The second-order valence-corrected chi connectivity index (χ2v) is 4.67. The number of hydrogen-bond acceptors (Lipinski definition) is 2. The first-order valence-corrected chi connectivity index (χ1v) is 6.05. The Hall–Kier alpha value is -1.61. The Labute approximate surface area is 100 Å². The highest BCUT2D eigenvalue weighted by Crippen LogP contribution is 2.27. The van der Waals surface area contributed by atoms with Gasteiger partial charge in [0, 0.05) is 49.2 Å². The van der Waals surface area contributed by atoms with Gasteiger partial charge >= 0.3 is 0 Å². The van der Waals surface area contributed by atoms with Crippen LogP contribution in [0.5, 0.6) is 0 Å². The van der Waals surface area contributed by atoms with E-state index in [2.05, 4.69) is 22.0 Å².